The summed E-state index contributed by atoms with van der Waals surface area (Å²) in [5.41, 5.74) is 1.07. The molecule has 0 aromatic carbocycles. The van der Waals surface area contributed by atoms with Gasteiger partial charge in [0.2, 0.25) is 0 Å². The number of aliphatic hydroxyl groups is 1. The van der Waals surface area contributed by atoms with Crippen molar-refractivity contribution in [1.82, 2.24) is 15.1 Å². The molecule has 0 amide bonds. The third kappa shape index (κ3) is 3.82. The molecule has 4 nitrogen and oxygen atoms in total. The number of aromatic nitrogens is 2. The zero-order valence-corrected chi connectivity index (χ0v) is 12.1. The van der Waals surface area contributed by atoms with E-state index >= 15 is 0 Å². The van der Waals surface area contributed by atoms with Crippen molar-refractivity contribution in [2.45, 2.75) is 53.1 Å². The van der Waals surface area contributed by atoms with E-state index in [1.54, 1.807) is 0 Å². The lowest BCUT2D eigenvalue weighted by Gasteiger charge is -2.29. The normalized spacial score (nSPS) is 12.3. The SMILES string of the molecule is CCC(CC)(CO)CNCc1ccn(C(C)C)n1. The maximum atomic E-state index is 9.49. The summed E-state index contributed by atoms with van der Waals surface area (Å²) in [6, 6.07) is 2.45. The maximum Gasteiger partial charge on any atom is 0.0762 e. The van der Waals surface area contributed by atoms with E-state index in [0.29, 0.717) is 6.04 Å². The summed E-state index contributed by atoms with van der Waals surface area (Å²) < 4.78 is 1.97. The van der Waals surface area contributed by atoms with Crippen LogP contribution in [-0.2, 0) is 6.54 Å². The average Bonchev–Trinajstić information content (AvgIpc) is 2.84. The van der Waals surface area contributed by atoms with Gasteiger partial charge in [0.15, 0.2) is 0 Å². The van der Waals surface area contributed by atoms with Crippen molar-refractivity contribution in [2.24, 2.45) is 5.41 Å². The first kappa shape index (κ1) is 15.2. The van der Waals surface area contributed by atoms with Crippen molar-refractivity contribution in [3.8, 4) is 0 Å². The quantitative estimate of drug-likeness (QED) is 0.747. The van der Waals surface area contributed by atoms with Crippen LogP contribution < -0.4 is 5.32 Å². The average molecular weight is 253 g/mol. The predicted octanol–water partition coefficient (Wildman–Crippen LogP) is 2.35. The molecule has 0 atom stereocenters. The van der Waals surface area contributed by atoms with Crippen LogP contribution in [-0.4, -0.2) is 28.0 Å². The molecule has 1 aromatic heterocycles. The zero-order chi connectivity index (χ0) is 13.6. The minimum absolute atomic E-state index is 0.0145. The third-order valence-electron chi connectivity index (χ3n) is 3.83. The molecule has 0 spiro atoms. The summed E-state index contributed by atoms with van der Waals surface area (Å²) in [5, 5.41) is 17.4. The molecular weight excluding hydrogens is 226 g/mol. The third-order valence-corrected chi connectivity index (χ3v) is 3.83. The molecule has 4 heteroatoms. The number of nitrogens with one attached hydrogen (secondary N) is 1. The Morgan fingerprint density at radius 3 is 2.50 bits per heavy atom. The first-order chi connectivity index (χ1) is 8.56. The molecule has 0 aliphatic heterocycles. The highest BCUT2D eigenvalue weighted by atomic mass is 16.3. The van der Waals surface area contributed by atoms with Gasteiger partial charge in [-0.1, -0.05) is 13.8 Å². The molecule has 0 aliphatic carbocycles. The van der Waals surface area contributed by atoms with Crippen LogP contribution in [0, 0.1) is 5.41 Å². The number of nitrogens with zero attached hydrogens (tertiary/aromatic N) is 2. The zero-order valence-electron chi connectivity index (χ0n) is 12.1. The molecule has 1 heterocycles. The van der Waals surface area contributed by atoms with Crippen LogP contribution in [0.25, 0.3) is 0 Å². The van der Waals surface area contributed by atoms with Crippen LogP contribution in [0.1, 0.15) is 52.3 Å². The molecular formula is C14H27N3O. The van der Waals surface area contributed by atoms with Crippen molar-refractivity contribution in [2.75, 3.05) is 13.2 Å². The van der Waals surface area contributed by atoms with Crippen molar-refractivity contribution >= 4 is 0 Å². The number of rotatable bonds is 8. The number of hydrogen-bond acceptors (Lipinski definition) is 3. The largest absolute Gasteiger partial charge is 0.396 e. The Hall–Kier alpha value is -0.870. The van der Waals surface area contributed by atoms with E-state index in [4.69, 9.17) is 0 Å². The fourth-order valence-electron chi connectivity index (χ4n) is 1.99. The molecule has 0 aliphatic rings. The van der Waals surface area contributed by atoms with Gasteiger partial charge in [-0.15, -0.1) is 0 Å². The number of hydrogen-bond donors (Lipinski definition) is 2. The minimum Gasteiger partial charge on any atom is -0.396 e. The molecule has 0 fully saturated rings. The van der Waals surface area contributed by atoms with Gasteiger partial charge >= 0.3 is 0 Å². The summed E-state index contributed by atoms with van der Waals surface area (Å²) in [6.45, 7) is 10.4. The smallest absolute Gasteiger partial charge is 0.0762 e. The molecule has 18 heavy (non-hydrogen) atoms. The van der Waals surface area contributed by atoms with Crippen molar-refractivity contribution in [3.05, 3.63) is 18.0 Å². The van der Waals surface area contributed by atoms with Crippen LogP contribution in [0.5, 0.6) is 0 Å². The Kier molecular flexibility index (Phi) is 5.82. The topological polar surface area (TPSA) is 50.1 Å². The van der Waals surface area contributed by atoms with E-state index in [1.807, 2.05) is 16.9 Å². The molecule has 104 valence electrons. The second-order valence-corrected chi connectivity index (χ2v) is 5.35. The molecule has 0 unspecified atom stereocenters. The first-order valence-corrected chi connectivity index (χ1v) is 6.92. The standard InChI is InChI=1S/C14H27N3O/c1-5-14(6-2,11-18)10-15-9-13-7-8-17(16-13)12(3)4/h7-8,12,15,18H,5-6,9-11H2,1-4H3. The Balaban J connectivity index is 2.45. The van der Waals surface area contributed by atoms with Gasteiger partial charge in [-0.05, 0) is 32.8 Å². The van der Waals surface area contributed by atoms with E-state index < -0.39 is 0 Å². The van der Waals surface area contributed by atoms with Gasteiger partial charge in [-0.3, -0.25) is 4.68 Å². The lowest BCUT2D eigenvalue weighted by Crippen LogP contribution is -2.36. The summed E-state index contributed by atoms with van der Waals surface area (Å²) in [4.78, 5) is 0. The monoisotopic (exact) mass is 253 g/mol. The van der Waals surface area contributed by atoms with Crippen LogP contribution in [0.4, 0.5) is 0 Å². The van der Waals surface area contributed by atoms with Gasteiger partial charge < -0.3 is 10.4 Å². The molecule has 0 bridgehead atoms. The molecule has 1 aromatic rings. The van der Waals surface area contributed by atoms with Gasteiger partial charge in [0.05, 0.1) is 5.69 Å². The van der Waals surface area contributed by atoms with E-state index in [9.17, 15) is 5.11 Å². The van der Waals surface area contributed by atoms with Crippen molar-refractivity contribution in [3.63, 3.8) is 0 Å². The van der Waals surface area contributed by atoms with E-state index in [0.717, 1.165) is 31.6 Å². The van der Waals surface area contributed by atoms with E-state index in [2.05, 4.69) is 38.1 Å². The molecule has 1 rings (SSSR count). The highest BCUT2D eigenvalue weighted by molar-refractivity contribution is 4.99. The fraction of sp³-hybridized carbons (Fsp3) is 0.786. The lowest BCUT2D eigenvalue weighted by molar-refractivity contribution is 0.113. The Labute approximate surface area is 110 Å². The van der Waals surface area contributed by atoms with Crippen molar-refractivity contribution < 1.29 is 5.11 Å². The van der Waals surface area contributed by atoms with Gasteiger partial charge in [-0.25, -0.2) is 0 Å². The summed E-state index contributed by atoms with van der Waals surface area (Å²) in [7, 11) is 0. The minimum atomic E-state index is 0.0145. The van der Waals surface area contributed by atoms with Crippen LogP contribution in [0.3, 0.4) is 0 Å². The molecule has 0 radical (unpaired) electrons. The molecule has 0 saturated carbocycles. The maximum absolute atomic E-state index is 9.49. The summed E-state index contributed by atoms with van der Waals surface area (Å²) >= 11 is 0. The Morgan fingerprint density at radius 2 is 2.06 bits per heavy atom. The number of aliphatic hydroxyl groups excluding tert-OH is 1. The Morgan fingerprint density at radius 1 is 1.39 bits per heavy atom. The molecule has 0 saturated heterocycles. The predicted molar refractivity (Wildman–Crippen MR) is 74.4 cm³/mol. The van der Waals surface area contributed by atoms with Crippen LogP contribution in [0.15, 0.2) is 12.3 Å². The van der Waals surface area contributed by atoms with Gasteiger partial charge in [0.25, 0.3) is 0 Å². The molecule has 2 N–H and O–H groups in total. The highest BCUT2D eigenvalue weighted by Crippen LogP contribution is 2.24. The summed E-state index contributed by atoms with van der Waals surface area (Å²) in [5.74, 6) is 0. The second-order valence-electron chi connectivity index (χ2n) is 5.35. The van der Waals surface area contributed by atoms with E-state index in [-0.39, 0.29) is 12.0 Å². The first-order valence-electron chi connectivity index (χ1n) is 6.92. The van der Waals surface area contributed by atoms with E-state index in [1.165, 1.54) is 0 Å². The van der Waals surface area contributed by atoms with Gasteiger partial charge in [0.1, 0.15) is 0 Å². The van der Waals surface area contributed by atoms with Crippen LogP contribution in [0.2, 0.25) is 0 Å². The van der Waals surface area contributed by atoms with Crippen molar-refractivity contribution in [1.29, 1.82) is 0 Å². The highest BCUT2D eigenvalue weighted by Gasteiger charge is 2.24. The van der Waals surface area contributed by atoms with Gasteiger partial charge in [0, 0.05) is 37.4 Å². The fourth-order valence-corrected chi connectivity index (χ4v) is 1.99. The lowest BCUT2D eigenvalue weighted by atomic mass is 9.83. The summed E-state index contributed by atoms with van der Waals surface area (Å²) in [6.07, 6.45) is 4.00. The van der Waals surface area contributed by atoms with Gasteiger partial charge in [-0.2, -0.15) is 5.10 Å². The second kappa shape index (κ2) is 6.90. The Bertz CT molecular complexity index is 334. The van der Waals surface area contributed by atoms with Crippen LogP contribution >= 0.6 is 0 Å².